The molecule has 0 radical (unpaired) electrons. The number of amides is 1. The van der Waals surface area contributed by atoms with Crippen LogP contribution in [0.25, 0.3) is 0 Å². The van der Waals surface area contributed by atoms with Crippen LogP contribution < -0.4 is 10.5 Å². The van der Waals surface area contributed by atoms with Crippen LogP contribution in [0.5, 0.6) is 0 Å². The van der Waals surface area contributed by atoms with Gasteiger partial charge in [0.05, 0.1) is 4.90 Å². The number of carbonyl (C=O) groups excluding carboxylic acids is 1. The fourth-order valence-corrected chi connectivity index (χ4v) is 3.63. The van der Waals surface area contributed by atoms with Gasteiger partial charge in [-0.05, 0) is 55.5 Å². The van der Waals surface area contributed by atoms with E-state index in [1.54, 1.807) is 24.4 Å². The maximum Gasteiger partial charge on any atom is 0.272 e. The Morgan fingerprint density at radius 3 is 2.48 bits per heavy atom. The number of anilines is 1. The van der Waals surface area contributed by atoms with Crippen molar-refractivity contribution in [2.24, 2.45) is 5.14 Å². The molecule has 1 fully saturated rings. The molecule has 8 heteroatoms. The summed E-state index contributed by atoms with van der Waals surface area (Å²) in [6.45, 7) is 2.25. The van der Waals surface area contributed by atoms with Crippen LogP contribution in [0.2, 0.25) is 0 Å². The lowest BCUT2D eigenvalue weighted by Crippen LogP contribution is -2.36. The third kappa shape index (κ3) is 5.27. The number of benzene rings is 1. The molecule has 3 rings (SSSR count). The predicted octanol–water partition coefficient (Wildman–Crippen LogP) is 2.01. The van der Waals surface area contributed by atoms with Crippen molar-refractivity contribution in [1.82, 2.24) is 9.88 Å². The molecular formula is C19H24N4O3S. The highest BCUT2D eigenvalue weighted by Crippen LogP contribution is 2.15. The van der Waals surface area contributed by atoms with Gasteiger partial charge in [-0.1, -0.05) is 12.1 Å². The number of sulfonamides is 1. The molecule has 0 saturated carbocycles. The third-order valence-corrected chi connectivity index (χ3v) is 5.55. The fraction of sp³-hybridized carbons (Fsp3) is 0.368. The molecule has 1 saturated heterocycles. The first-order chi connectivity index (χ1) is 12.9. The van der Waals surface area contributed by atoms with Crippen molar-refractivity contribution in [3.8, 4) is 0 Å². The quantitative estimate of drug-likeness (QED) is 0.787. The van der Waals surface area contributed by atoms with Gasteiger partial charge in [-0.2, -0.15) is 0 Å². The molecule has 1 amide bonds. The molecular weight excluding hydrogens is 364 g/mol. The number of nitrogens with zero attached hydrogens (tertiary/aromatic N) is 2. The second kappa shape index (κ2) is 8.49. The van der Waals surface area contributed by atoms with Crippen molar-refractivity contribution >= 4 is 21.6 Å². The van der Waals surface area contributed by atoms with Crippen molar-refractivity contribution in [2.75, 3.05) is 25.0 Å². The number of hydrogen-bond acceptors (Lipinski definition) is 5. The Kier molecular flexibility index (Phi) is 6.08. The largest absolute Gasteiger partial charge is 0.385 e. The van der Waals surface area contributed by atoms with Gasteiger partial charge in [0, 0.05) is 31.5 Å². The van der Waals surface area contributed by atoms with Crippen molar-refractivity contribution in [2.45, 2.75) is 30.6 Å². The van der Waals surface area contributed by atoms with E-state index < -0.39 is 10.0 Å². The molecule has 0 spiro atoms. The summed E-state index contributed by atoms with van der Waals surface area (Å²) in [4.78, 5) is 18.7. The number of pyridine rings is 1. The van der Waals surface area contributed by atoms with Crippen LogP contribution in [0.4, 0.5) is 5.69 Å². The van der Waals surface area contributed by atoms with Crippen LogP contribution in [-0.2, 0) is 16.4 Å². The highest BCUT2D eigenvalue weighted by atomic mass is 32.2. The molecule has 27 heavy (non-hydrogen) atoms. The molecule has 1 aromatic carbocycles. The van der Waals surface area contributed by atoms with E-state index in [9.17, 15) is 13.2 Å². The highest BCUT2D eigenvalue weighted by molar-refractivity contribution is 7.89. The Morgan fingerprint density at radius 1 is 1.11 bits per heavy atom. The Morgan fingerprint density at radius 2 is 1.81 bits per heavy atom. The molecule has 1 aliphatic heterocycles. The smallest absolute Gasteiger partial charge is 0.272 e. The second-order valence-corrected chi connectivity index (χ2v) is 8.21. The van der Waals surface area contributed by atoms with E-state index in [2.05, 4.69) is 10.3 Å². The lowest BCUT2D eigenvalue weighted by Gasteiger charge is -2.26. The lowest BCUT2D eigenvalue weighted by molar-refractivity contribution is 0.0718. The summed E-state index contributed by atoms with van der Waals surface area (Å²) in [5.74, 6) is -0.0167. The second-order valence-electron chi connectivity index (χ2n) is 6.65. The van der Waals surface area contributed by atoms with E-state index in [0.29, 0.717) is 18.7 Å². The van der Waals surface area contributed by atoms with Gasteiger partial charge in [-0.25, -0.2) is 13.6 Å². The van der Waals surface area contributed by atoms with Gasteiger partial charge in [-0.15, -0.1) is 0 Å². The zero-order valence-corrected chi connectivity index (χ0v) is 15.9. The fourth-order valence-electron chi connectivity index (χ4n) is 3.11. The van der Waals surface area contributed by atoms with Crippen LogP contribution >= 0.6 is 0 Å². The standard InChI is InChI=1S/C19H24N4O3S/c20-27(25,26)17-6-4-15(5-7-17)8-10-21-16-9-11-22-18(14-16)19(24)23-12-2-1-3-13-23/h4-7,9,11,14H,1-3,8,10,12-13H2,(H,21,22)(H2,20,25,26). The van der Waals surface area contributed by atoms with Gasteiger partial charge in [0.2, 0.25) is 10.0 Å². The molecule has 1 aliphatic rings. The topological polar surface area (TPSA) is 105 Å². The molecule has 144 valence electrons. The van der Waals surface area contributed by atoms with E-state index in [1.807, 2.05) is 11.0 Å². The molecule has 2 aromatic rings. The van der Waals surface area contributed by atoms with Gasteiger partial charge in [0.1, 0.15) is 5.69 Å². The monoisotopic (exact) mass is 388 g/mol. The van der Waals surface area contributed by atoms with E-state index in [-0.39, 0.29) is 10.8 Å². The number of likely N-dealkylation sites (tertiary alicyclic amines) is 1. The van der Waals surface area contributed by atoms with Crippen LogP contribution in [-0.4, -0.2) is 43.8 Å². The number of aromatic nitrogens is 1. The van der Waals surface area contributed by atoms with Crippen LogP contribution in [0, 0.1) is 0 Å². The van der Waals surface area contributed by atoms with E-state index in [0.717, 1.165) is 37.2 Å². The Hall–Kier alpha value is -2.45. The highest BCUT2D eigenvalue weighted by Gasteiger charge is 2.19. The zero-order valence-electron chi connectivity index (χ0n) is 15.1. The molecule has 0 unspecified atom stereocenters. The number of nitrogens with one attached hydrogen (secondary N) is 1. The molecule has 0 atom stereocenters. The Labute approximate surface area is 159 Å². The normalized spacial score (nSPS) is 14.8. The average molecular weight is 388 g/mol. The average Bonchev–Trinajstić information content (AvgIpc) is 2.68. The van der Waals surface area contributed by atoms with Crippen molar-refractivity contribution < 1.29 is 13.2 Å². The molecule has 1 aromatic heterocycles. The van der Waals surface area contributed by atoms with Crippen LogP contribution in [0.3, 0.4) is 0 Å². The molecule has 0 bridgehead atoms. The molecule has 2 heterocycles. The van der Waals surface area contributed by atoms with E-state index in [4.69, 9.17) is 5.14 Å². The first-order valence-corrected chi connectivity index (χ1v) is 10.6. The molecule has 3 N–H and O–H groups in total. The number of primary sulfonamides is 1. The van der Waals surface area contributed by atoms with Gasteiger partial charge in [-0.3, -0.25) is 9.78 Å². The molecule has 0 aliphatic carbocycles. The van der Waals surface area contributed by atoms with Gasteiger partial charge >= 0.3 is 0 Å². The van der Waals surface area contributed by atoms with Crippen molar-refractivity contribution in [3.63, 3.8) is 0 Å². The third-order valence-electron chi connectivity index (χ3n) is 4.62. The van der Waals surface area contributed by atoms with Gasteiger partial charge < -0.3 is 10.2 Å². The first-order valence-electron chi connectivity index (χ1n) is 9.04. The maximum absolute atomic E-state index is 12.5. The van der Waals surface area contributed by atoms with E-state index >= 15 is 0 Å². The minimum atomic E-state index is -3.66. The van der Waals surface area contributed by atoms with Crippen LogP contribution in [0.15, 0.2) is 47.5 Å². The predicted molar refractivity (Wildman–Crippen MR) is 104 cm³/mol. The minimum Gasteiger partial charge on any atom is -0.385 e. The summed E-state index contributed by atoms with van der Waals surface area (Å²) in [5, 5.41) is 8.38. The number of piperidine rings is 1. The molecule has 7 nitrogen and oxygen atoms in total. The van der Waals surface area contributed by atoms with Crippen molar-refractivity contribution in [1.29, 1.82) is 0 Å². The van der Waals surface area contributed by atoms with Crippen molar-refractivity contribution in [3.05, 3.63) is 53.9 Å². The summed E-state index contributed by atoms with van der Waals surface area (Å²) < 4.78 is 22.5. The van der Waals surface area contributed by atoms with Gasteiger partial charge in [0.15, 0.2) is 0 Å². The number of hydrogen-bond donors (Lipinski definition) is 2. The lowest BCUT2D eigenvalue weighted by atomic mass is 10.1. The maximum atomic E-state index is 12.5. The summed E-state index contributed by atoms with van der Waals surface area (Å²) in [6, 6.07) is 10.1. The number of nitrogens with two attached hydrogens (primary N) is 1. The summed E-state index contributed by atoms with van der Waals surface area (Å²) in [5.41, 5.74) is 2.29. The summed E-state index contributed by atoms with van der Waals surface area (Å²) >= 11 is 0. The van der Waals surface area contributed by atoms with E-state index in [1.165, 1.54) is 18.6 Å². The van der Waals surface area contributed by atoms with Crippen LogP contribution in [0.1, 0.15) is 35.3 Å². The van der Waals surface area contributed by atoms with Gasteiger partial charge in [0.25, 0.3) is 5.91 Å². The number of carbonyl (C=O) groups is 1. The number of rotatable bonds is 6. The summed E-state index contributed by atoms with van der Waals surface area (Å²) in [6.07, 6.45) is 5.63. The SMILES string of the molecule is NS(=O)(=O)c1ccc(CCNc2ccnc(C(=O)N3CCCCC3)c2)cc1. The Balaban J connectivity index is 1.56. The summed E-state index contributed by atoms with van der Waals surface area (Å²) in [7, 11) is -3.66. The first kappa shape index (κ1) is 19.3. The Bertz CT molecular complexity index is 891. The zero-order chi connectivity index (χ0) is 19.3. The minimum absolute atomic E-state index is 0.0167.